The average Bonchev–Trinajstić information content (AvgIpc) is 3.21. The van der Waals surface area contributed by atoms with Crippen molar-refractivity contribution in [1.29, 1.82) is 0 Å². The number of imidazole rings is 1. The Kier molecular flexibility index (Phi) is 6.73. The van der Waals surface area contributed by atoms with Gasteiger partial charge in [-0.2, -0.15) is 0 Å². The minimum Gasteiger partial charge on any atom is -0.487 e. The molecule has 0 saturated carbocycles. The third kappa shape index (κ3) is 5.46. The third-order valence-corrected chi connectivity index (χ3v) is 5.66. The maximum absolute atomic E-state index is 12.8. The summed E-state index contributed by atoms with van der Waals surface area (Å²) >= 11 is 0. The smallest absolute Gasteiger partial charge is 0.251 e. The standard InChI is InChI=1S/C25H30N4O3/c1-18(2)14-24(30)28-12-9-20(10-13-28)27-25(31)19-6-5-7-22(15-19)32-17-21-16-29-11-4-3-8-23(29)26-21/h3-8,11,15-16,18,20H,9-10,12-14,17H2,1-2H3,(H,27,31). The molecule has 1 aliphatic rings. The highest BCUT2D eigenvalue weighted by molar-refractivity contribution is 5.94. The number of piperidine rings is 1. The number of hydrogen-bond donors (Lipinski definition) is 1. The highest BCUT2D eigenvalue weighted by atomic mass is 16.5. The van der Waals surface area contributed by atoms with Gasteiger partial charge in [-0.05, 0) is 49.1 Å². The number of rotatable bonds is 7. The zero-order chi connectivity index (χ0) is 22.5. The SMILES string of the molecule is CC(C)CC(=O)N1CCC(NC(=O)c2cccc(OCc3cn4ccccc4n3)c2)CC1. The summed E-state index contributed by atoms with van der Waals surface area (Å²) in [4.78, 5) is 31.4. The molecule has 0 radical (unpaired) electrons. The van der Waals surface area contributed by atoms with Crippen molar-refractivity contribution in [3.05, 3.63) is 66.1 Å². The number of nitrogens with one attached hydrogen (secondary N) is 1. The molecule has 3 heterocycles. The molecule has 2 aromatic heterocycles. The molecule has 3 aromatic rings. The van der Waals surface area contributed by atoms with Crippen molar-refractivity contribution in [2.75, 3.05) is 13.1 Å². The Hall–Kier alpha value is -3.35. The second-order valence-corrected chi connectivity index (χ2v) is 8.74. The summed E-state index contributed by atoms with van der Waals surface area (Å²) in [5.41, 5.74) is 2.26. The fraction of sp³-hybridized carbons (Fsp3) is 0.400. The van der Waals surface area contributed by atoms with E-state index >= 15 is 0 Å². The van der Waals surface area contributed by atoms with E-state index in [4.69, 9.17) is 4.74 Å². The lowest BCUT2D eigenvalue weighted by Crippen LogP contribution is -2.46. The van der Waals surface area contributed by atoms with Gasteiger partial charge in [0.15, 0.2) is 0 Å². The number of fused-ring (bicyclic) bond motifs is 1. The number of ether oxygens (including phenoxy) is 1. The van der Waals surface area contributed by atoms with Crippen molar-refractivity contribution < 1.29 is 14.3 Å². The molecule has 1 saturated heterocycles. The molecule has 0 aliphatic carbocycles. The van der Waals surface area contributed by atoms with Crippen LogP contribution in [0.1, 0.15) is 49.2 Å². The Morgan fingerprint density at radius 3 is 2.72 bits per heavy atom. The first kappa shape index (κ1) is 21.9. The molecule has 0 unspecified atom stereocenters. The van der Waals surface area contributed by atoms with Gasteiger partial charge >= 0.3 is 0 Å². The number of nitrogens with zero attached hydrogens (tertiary/aromatic N) is 3. The van der Waals surface area contributed by atoms with E-state index in [0.717, 1.165) is 24.2 Å². The number of carbonyl (C=O) groups excluding carboxylic acids is 2. The Morgan fingerprint density at radius 2 is 1.97 bits per heavy atom. The van der Waals surface area contributed by atoms with Gasteiger partial charge in [0.05, 0.1) is 5.69 Å². The number of amides is 2. The number of carbonyl (C=O) groups is 2. The van der Waals surface area contributed by atoms with Gasteiger partial charge in [-0.3, -0.25) is 9.59 Å². The number of likely N-dealkylation sites (tertiary alicyclic amines) is 1. The molecule has 0 bridgehead atoms. The molecule has 7 heteroatoms. The van der Waals surface area contributed by atoms with Crippen molar-refractivity contribution in [1.82, 2.24) is 19.6 Å². The highest BCUT2D eigenvalue weighted by Crippen LogP contribution is 2.18. The van der Waals surface area contributed by atoms with Gasteiger partial charge in [0.2, 0.25) is 5.91 Å². The summed E-state index contributed by atoms with van der Waals surface area (Å²) < 4.78 is 7.82. The Balaban J connectivity index is 1.29. The van der Waals surface area contributed by atoms with Crippen LogP contribution in [-0.2, 0) is 11.4 Å². The molecular formula is C25H30N4O3. The number of pyridine rings is 1. The van der Waals surface area contributed by atoms with Gasteiger partial charge < -0.3 is 19.4 Å². The molecule has 4 rings (SSSR count). The molecule has 0 spiro atoms. The maximum atomic E-state index is 12.8. The molecule has 1 aliphatic heterocycles. The highest BCUT2D eigenvalue weighted by Gasteiger charge is 2.24. The van der Waals surface area contributed by atoms with Gasteiger partial charge in [0, 0.05) is 43.5 Å². The molecule has 2 amide bonds. The molecular weight excluding hydrogens is 404 g/mol. The summed E-state index contributed by atoms with van der Waals surface area (Å²) in [6.45, 7) is 5.83. The van der Waals surface area contributed by atoms with Crippen molar-refractivity contribution in [3.8, 4) is 5.75 Å². The number of aromatic nitrogens is 2. The number of benzene rings is 1. The topological polar surface area (TPSA) is 75.9 Å². The van der Waals surface area contributed by atoms with Crippen LogP contribution >= 0.6 is 0 Å². The molecule has 1 aromatic carbocycles. The second-order valence-electron chi connectivity index (χ2n) is 8.74. The lowest BCUT2D eigenvalue weighted by Gasteiger charge is -2.32. The largest absolute Gasteiger partial charge is 0.487 e. The first-order chi connectivity index (χ1) is 15.5. The number of hydrogen-bond acceptors (Lipinski definition) is 4. The Bertz CT molecular complexity index is 1050. The van der Waals surface area contributed by atoms with Crippen LogP contribution in [0.25, 0.3) is 5.65 Å². The van der Waals surface area contributed by atoms with Crippen LogP contribution in [0.5, 0.6) is 5.75 Å². The van der Waals surface area contributed by atoms with E-state index in [1.54, 1.807) is 12.1 Å². The van der Waals surface area contributed by atoms with Crippen LogP contribution in [0, 0.1) is 5.92 Å². The Labute approximate surface area is 188 Å². The van der Waals surface area contributed by atoms with E-state index in [2.05, 4.69) is 24.1 Å². The summed E-state index contributed by atoms with van der Waals surface area (Å²) in [6.07, 6.45) is 6.02. The van der Waals surface area contributed by atoms with Crippen molar-refractivity contribution in [2.24, 2.45) is 5.92 Å². The van der Waals surface area contributed by atoms with Crippen LogP contribution in [0.3, 0.4) is 0 Å². The quantitative estimate of drug-likeness (QED) is 0.616. The van der Waals surface area contributed by atoms with E-state index in [9.17, 15) is 9.59 Å². The minimum absolute atomic E-state index is 0.0770. The predicted molar refractivity (Wildman–Crippen MR) is 122 cm³/mol. The average molecular weight is 435 g/mol. The zero-order valence-electron chi connectivity index (χ0n) is 18.7. The van der Waals surface area contributed by atoms with Crippen LogP contribution < -0.4 is 10.1 Å². The van der Waals surface area contributed by atoms with Crippen molar-refractivity contribution in [3.63, 3.8) is 0 Å². The van der Waals surface area contributed by atoms with Crippen LogP contribution in [0.4, 0.5) is 0 Å². The molecule has 32 heavy (non-hydrogen) atoms. The van der Waals surface area contributed by atoms with Crippen molar-refractivity contribution in [2.45, 2.75) is 45.8 Å². The van der Waals surface area contributed by atoms with Crippen LogP contribution in [-0.4, -0.2) is 45.2 Å². The molecule has 1 fully saturated rings. The van der Waals surface area contributed by atoms with Gasteiger partial charge in [0.1, 0.15) is 18.0 Å². The fourth-order valence-corrected chi connectivity index (χ4v) is 3.96. The summed E-state index contributed by atoms with van der Waals surface area (Å²) in [5, 5.41) is 3.11. The molecule has 7 nitrogen and oxygen atoms in total. The lowest BCUT2D eigenvalue weighted by atomic mass is 10.0. The van der Waals surface area contributed by atoms with E-state index in [1.165, 1.54) is 0 Å². The third-order valence-electron chi connectivity index (χ3n) is 5.66. The molecule has 1 N–H and O–H groups in total. The van der Waals surface area contributed by atoms with Crippen LogP contribution in [0.2, 0.25) is 0 Å². The molecule has 168 valence electrons. The Morgan fingerprint density at radius 1 is 1.16 bits per heavy atom. The first-order valence-electron chi connectivity index (χ1n) is 11.2. The molecule has 0 atom stereocenters. The minimum atomic E-state index is -0.116. The monoisotopic (exact) mass is 434 g/mol. The van der Waals surface area contributed by atoms with Gasteiger partial charge in [-0.1, -0.05) is 26.0 Å². The second kappa shape index (κ2) is 9.85. The van der Waals surface area contributed by atoms with Crippen molar-refractivity contribution >= 4 is 17.5 Å². The van der Waals surface area contributed by atoms with Gasteiger partial charge in [0.25, 0.3) is 5.91 Å². The summed E-state index contributed by atoms with van der Waals surface area (Å²) in [6, 6.07) is 13.1. The van der Waals surface area contributed by atoms with E-state index in [1.807, 2.05) is 52.0 Å². The summed E-state index contributed by atoms with van der Waals surface area (Å²) in [5.74, 6) is 1.08. The van der Waals surface area contributed by atoms with Crippen LogP contribution in [0.15, 0.2) is 54.9 Å². The predicted octanol–water partition coefficient (Wildman–Crippen LogP) is 3.68. The first-order valence-corrected chi connectivity index (χ1v) is 11.2. The zero-order valence-corrected chi connectivity index (χ0v) is 18.7. The van der Waals surface area contributed by atoms with E-state index in [-0.39, 0.29) is 17.9 Å². The van der Waals surface area contributed by atoms with Gasteiger partial charge in [-0.15, -0.1) is 0 Å². The normalized spacial score (nSPS) is 14.7. The lowest BCUT2D eigenvalue weighted by molar-refractivity contribution is -0.133. The summed E-state index contributed by atoms with van der Waals surface area (Å²) in [7, 11) is 0. The van der Waals surface area contributed by atoms with E-state index in [0.29, 0.717) is 43.3 Å². The maximum Gasteiger partial charge on any atom is 0.251 e. The van der Waals surface area contributed by atoms with E-state index < -0.39 is 0 Å². The fourth-order valence-electron chi connectivity index (χ4n) is 3.96. The van der Waals surface area contributed by atoms with Gasteiger partial charge in [-0.25, -0.2) is 4.98 Å².